The lowest BCUT2D eigenvalue weighted by Gasteiger charge is -2.14. The van der Waals surface area contributed by atoms with Crippen molar-refractivity contribution in [2.24, 2.45) is 0 Å². The molecule has 1 unspecified atom stereocenters. The maximum absolute atomic E-state index is 12.6. The Morgan fingerprint density at radius 3 is 2.15 bits per heavy atom. The van der Waals surface area contributed by atoms with E-state index in [9.17, 15) is 24.5 Å². The number of nitrogens with zero attached hydrogens (tertiary/aromatic N) is 1. The molecule has 0 aliphatic heterocycles. The van der Waals surface area contributed by atoms with Crippen LogP contribution >= 0.6 is 11.8 Å². The highest BCUT2D eigenvalue weighted by molar-refractivity contribution is 8.00. The van der Waals surface area contributed by atoms with Crippen LogP contribution in [0.2, 0.25) is 0 Å². The number of carbonyl (C=O) groups excluding carboxylic acids is 2. The molecule has 10 heteroatoms. The van der Waals surface area contributed by atoms with Gasteiger partial charge < -0.3 is 15.7 Å². The van der Waals surface area contributed by atoms with Gasteiger partial charge in [-0.3, -0.25) is 19.7 Å². The van der Waals surface area contributed by atoms with E-state index < -0.39 is 22.0 Å². The van der Waals surface area contributed by atoms with Gasteiger partial charge in [0, 0.05) is 34.0 Å². The molecule has 0 aliphatic carbocycles. The zero-order valence-electron chi connectivity index (χ0n) is 18.3. The lowest BCUT2D eigenvalue weighted by molar-refractivity contribution is -0.384. The van der Waals surface area contributed by atoms with E-state index in [-0.39, 0.29) is 22.7 Å². The van der Waals surface area contributed by atoms with E-state index in [1.807, 2.05) is 0 Å². The summed E-state index contributed by atoms with van der Waals surface area (Å²) in [4.78, 5) is 47.1. The fourth-order valence-corrected chi connectivity index (χ4v) is 3.80. The highest BCUT2D eigenvalue weighted by Gasteiger charge is 2.17. The molecule has 34 heavy (non-hydrogen) atoms. The van der Waals surface area contributed by atoms with Gasteiger partial charge in [-0.15, -0.1) is 11.8 Å². The van der Waals surface area contributed by atoms with Crippen molar-refractivity contribution in [3.05, 3.63) is 93.5 Å². The Bertz CT molecular complexity index is 1240. The van der Waals surface area contributed by atoms with Crippen LogP contribution in [0.3, 0.4) is 0 Å². The summed E-state index contributed by atoms with van der Waals surface area (Å²) < 4.78 is 0. The average molecular weight is 480 g/mol. The van der Waals surface area contributed by atoms with Crippen molar-refractivity contribution in [1.29, 1.82) is 0 Å². The number of nitrogens with one attached hydrogen (secondary N) is 2. The molecule has 0 bridgehead atoms. The molecule has 0 heterocycles. The van der Waals surface area contributed by atoms with Crippen molar-refractivity contribution in [2.75, 3.05) is 10.6 Å². The van der Waals surface area contributed by atoms with Crippen molar-refractivity contribution in [1.82, 2.24) is 0 Å². The molecular formula is C24H21N3O6S. The Hall–Kier alpha value is -4.18. The SMILES string of the molecule is Cc1ccc(C(=O)O)cc1NC(=O)C(C)Sc1ccc(NC(=O)c2ccc([N+](=O)[O-])cc2)cc1. The summed E-state index contributed by atoms with van der Waals surface area (Å²) >= 11 is 1.31. The Balaban J connectivity index is 1.59. The second-order valence-electron chi connectivity index (χ2n) is 7.37. The van der Waals surface area contributed by atoms with Gasteiger partial charge in [0.05, 0.1) is 15.7 Å². The average Bonchev–Trinajstić information content (AvgIpc) is 2.81. The number of hydrogen-bond acceptors (Lipinski definition) is 6. The van der Waals surface area contributed by atoms with Gasteiger partial charge >= 0.3 is 5.97 Å². The molecule has 0 spiro atoms. The first-order valence-electron chi connectivity index (χ1n) is 10.1. The van der Waals surface area contributed by atoms with E-state index in [0.717, 1.165) is 10.5 Å². The van der Waals surface area contributed by atoms with Gasteiger partial charge in [0.2, 0.25) is 5.91 Å². The van der Waals surface area contributed by atoms with Gasteiger partial charge in [-0.05, 0) is 67.9 Å². The molecule has 3 aromatic rings. The number of amides is 2. The number of aromatic carboxylic acids is 1. The smallest absolute Gasteiger partial charge is 0.335 e. The molecule has 0 aromatic heterocycles. The van der Waals surface area contributed by atoms with Gasteiger partial charge in [0.15, 0.2) is 0 Å². The van der Waals surface area contributed by atoms with Crippen LogP contribution in [0.1, 0.15) is 33.2 Å². The standard InChI is InChI=1S/C24H21N3O6S/c1-14-3-4-17(24(30)31)13-21(14)26-22(28)15(2)34-20-11-7-18(8-12-20)25-23(29)16-5-9-19(10-6-16)27(32)33/h3-13,15H,1-2H3,(H,25,29)(H,26,28)(H,30,31). The number of thioether (sulfide) groups is 1. The lowest BCUT2D eigenvalue weighted by atomic mass is 10.1. The zero-order valence-corrected chi connectivity index (χ0v) is 19.1. The van der Waals surface area contributed by atoms with Crippen LogP contribution in [0.4, 0.5) is 17.1 Å². The largest absolute Gasteiger partial charge is 0.478 e. The summed E-state index contributed by atoms with van der Waals surface area (Å²) in [6.45, 7) is 3.52. The first kappa shape index (κ1) is 24.5. The molecule has 174 valence electrons. The van der Waals surface area contributed by atoms with Gasteiger partial charge in [-0.2, -0.15) is 0 Å². The summed E-state index contributed by atoms with van der Waals surface area (Å²) in [6.07, 6.45) is 0. The monoisotopic (exact) mass is 479 g/mol. The Kier molecular flexibility index (Phi) is 7.64. The number of nitro groups is 1. The minimum Gasteiger partial charge on any atom is -0.478 e. The number of carboxylic acids is 1. The molecule has 0 saturated heterocycles. The lowest BCUT2D eigenvalue weighted by Crippen LogP contribution is -2.23. The van der Waals surface area contributed by atoms with Crippen molar-refractivity contribution < 1.29 is 24.4 Å². The van der Waals surface area contributed by atoms with Crippen LogP contribution in [0.5, 0.6) is 0 Å². The van der Waals surface area contributed by atoms with Gasteiger partial charge in [-0.1, -0.05) is 6.07 Å². The number of non-ortho nitro benzene ring substituents is 1. The normalized spacial score (nSPS) is 11.4. The van der Waals surface area contributed by atoms with Crippen molar-refractivity contribution in [3.63, 3.8) is 0 Å². The fourth-order valence-electron chi connectivity index (χ4n) is 2.94. The Morgan fingerprint density at radius 1 is 0.941 bits per heavy atom. The van der Waals surface area contributed by atoms with E-state index in [1.54, 1.807) is 44.2 Å². The van der Waals surface area contributed by atoms with E-state index in [1.165, 1.54) is 48.2 Å². The van der Waals surface area contributed by atoms with Gasteiger partial charge in [-0.25, -0.2) is 4.79 Å². The summed E-state index contributed by atoms with van der Waals surface area (Å²) in [5, 5.41) is 24.9. The summed E-state index contributed by atoms with van der Waals surface area (Å²) in [5.74, 6) is -1.74. The highest BCUT2D eigenvalue weighted by atomic mass is 32.2. The summed E-state index contributed by atoms with van der Waals surface area (Å²) in [7, 11) is 0. The van der Waals surface area contributed by atoms with E-state index >= 15 is 0 Å². The molecule has 0 fully saturated rings. The number of nitro benzene ring substituents is 1. The Morgan fingerprint density at radius 2 is 1.56 bits per heavy atom. The zero-order chi connectivity index (χ0) is 24.8. The maximum Gasteiger partial charge on any atom is 0.335 e. The molecule has 3 aromatic carbocycles. The van der Waals surface area contributed by atoms with E-state index in [2.05, 4.69) is 10.6 Å². The van der Waals surface area contributed by atoms with Crippen molar-refractivity contribution in [3.8, 4) is 0 Å². The number of hydrogen-bond donors (Lipinski definition) is 3. The quantitative estimate of drug-likeness (QED) is 0.235. The first-order valence-corrected chi connectivity index (χ1v) is 11.0. The van der Waals surface area contributed by atoms with Crippen LogP contribution in [-0.4, -0.2) is 33.1 Å². The predicted molar refractivity (Wildman–Crippen MR) is 130 cm³/mol. The number of aryl methyl sites for hydroxylation is 1. The Labute approximate surface area is 199 Å². The molecule has 0 aliphatic rings. The third kappa shape index (κ3) is 6.20. The number of rotatable bonds is 8. The van der Waals surface area contributed by atoms with Gasteiger partial charge in [0.1, 0.15) is 0 Å². The second-order valence-corrected chi connectivity index (χ2v) is 8.78. The summed E-state index contributed by atoms with van der Waals surface area (Å²) in [6, 6.07) is 16.7. The van der Waals surface area contributed by atoms with Crippen LogP contribution < -0.4 is 10.6 Å². The molecular weight excluding hydrogens is 458 g/mol. The van der Waals surface area contributed by atoms with Crippen LogP contribution in [0.25, 0.3) is 0 Å². The maximum atomic E-state index is 12.6. The topological polar surface area (TPSA) is 139 Å². The number of anilines is 2. The van der Waals surface area contributed by atoms with Crippen LogP contribution in [0, 0.1) is 17.0 Å². The predicted octanol–water partition coefficient (Wildman–Crippen LogP) is 4.97. The minimum atomic E-state index is -1.07. The number of benzene rings is 3. The number of carbonyl (C=O) groups is 3. The van der Waals surface area contributed by atoms with Crippen molar-refractivity contribution in [2.45, 2.75) is 24.0 Å². The van der Waals surface area contributed by atoms with Crippen LogP contribution in [-0.2, 0) is 4.79 Å². The molecule has 2 amide bonds. The molecule has 9 nitrogen and oxygen atoms in total. The molecule has 0 saturated carbocycles. The van der Waals surface area contributed by atoms with Gasteiger partial charge in [0.25, 0.3) is 11.6 Å². The fraction of sp³-hybridized carbons (Fsp3) is 0.125. The molecule has 0 radical (unpaired) electrons. The van der Waals surface area contributed by atoms with Crippen LogP contribution in [0.15, 0.2) is 71.6 Å². The minimum absolute atomic E-state index is 0.0903. The van der Waals surface area contributed by atoms with E-state index in [4.69, 9.17) is 5.11 Å². The third-order valence-electron chi connectivity index (χ3n) is 4.88. The highest BCUT2D eigenvalue weighted by Crippen LogP contribution is 2.27. The second kappa shape index (κ2) is 10.6. The molecule has 1 atom stereocenters. The number of carboxylic acid groups (broad SMARTS) is 1. The molecule has 3 rings (SSSR count). The first-order chi connectivity index (χ1) is 16.1. The van der Waals surface area contributed by atoms with Crippen molar-refractivity contribution >= 4 is 46.6 Å². The summed E-state index contributed by atoms with van der Waals surface area (Å²) in [5.41, 5.74) is 2.02. The van der Waals surface area contributed by atoms with E-state index in [0.29, 0.717) is 11.4 Å². The third-order valence-corrected chi connectivity index (χ3v) is 5.99. The molecule has 3 N–H and O–H groups in total.